The normalized spacial score (nSPS) is 10.3. The van der Waals surface area contributed by atoms with Gasteiger partial charge in [-0.2, -0.15) is 0 Å². The molecule has 1 aromatic carbocycles. The molecule has 0 saturated carbocycles. The molecule has 0 aromatic heterocycles. The Morgan fingerprint density at radius 1 is 1.39 bits per heavy atom. The Labute approximate surface area is 107 Å². The van der Waals surface area contributed by atoms with Gasteiger partial charge in [0.05, 0.1) is 11.5 Å². The van der Waals surface area contributed by atoms with Crippen LogP contribution in [0.5, 0.6) is 0 Å². The summed E-state index contributed by atoms with van der Waals surface area (Å²) in [6, 6.07) is 5.15. The summed E-state index contributed by atoms with van der Waals surface area (Å²) in [6.07, 6.45) is 2.19. The minimum atomic E-state index is -0.363. The van der Waals surface area contributed by atoms with Crippen molar-refractivity contribution in [1.29, 1.82) is 0 Å². The van der Waals surface area contributed by atoms with Crippen LogP contribution in [0, 0.1) is 17.0 Å². The number of nitrogens with one attached hydrogen (secondary N) is 1. The SMILES string of the molecule is CCCCOCCNc1ccc(C)c([N+](=O)[O-])c1. The van der Waals surface area contributed by atoms with Crippen molar-refractivity contribution >= 4 is 11.4 Å². The van der Waals surface area contributed by atoms with Gasteiger partial charge < -0.3 is 10.1 Å². The topological polar surface area (TPSA) is 64.4 Å². The molecule has 0 heterocycles. The van der Waals surface area contributed by atoms with Crippen LogP contribution in [-0.2, 0) is 4.74 Å². The minimum Gasteiger partial charge on any atom is -0.383 e. The van der Waals surface area contributed by atoms with E-state index in [1.807, 2.05) is 6.07 Å². The predicted octanol–water partition coefficient (Wildman–Crippen LogP) is 3.13. The highest BCUT2D eigenvalue weighted by atomic mass is 16.6. The Morgan fingerprint density at radius 3 is 2.83 bits per heavy atom. The van der Waals surface area contributed by atoms with Crippen LogP contribution in [-0.4, -0.2) is 24.7 Å². The Kier molecular flexibility index (Phi) is 6.14. The van der Waals surface area contributed by atoms with Gasteiger partial charge in [-0.25, -0.2) is 0 Å². The molecule has 0 atom stereocenters. The summed E-state index contributed by atoms with van der Waals surface area (Å²) in [5.41, 5.74) is 1.57. The van der Waals surface area contributed by atoms with E-state index in [1.54, 1.807) is 19.1 Å². The van der Waals surface area contributed by atoms with E-state index >= 15 is 0 Å². The van der Waals surface area contributed by atoms with Crippen LogP contribution >= 0.6 is 0 Å². The Hall–Kier alpha value is -1.62. The van der Waals surface area contributed by atoms with Crippen LogP contribution < -0.4 is 5.32 Å². The molecule has 0 aliphatic heterocycles. The molecule has 0 aliphatic carbocycles. The molecule has 0 aliphatic rings. The maximum absolute atomic E-state index is 10.8. The Balaban J connectivity index is 2.38. The third-order valence-electron chi connectivity index (χ3n) is 2.62. The Bertz CT molecular complexity index is 394. The molecule has 1 aromatic rings. The van der Waals surface area contributed by atoms with Crippen molar-refractivity contribution in [1.82, 2.24) is 0 Å². The highest BCUT2D eigenvalue weighted by molar-refractivity contribution is 5.54. The molecule has 1 N–H and O–H groups in total. The molecule has 0 saturated heterocycles. The zero-order valence-corrected chi connectivity index (χ0v) is 10.9. The second-order valence-electron chi connectivity index (χ2n) is 4.15. The van der Waals surface area contributed by atoms with Crippen molar-refractivity contribution in [3.05, 3.63) is 33.9 Å². The second kappa shape index (κ2) is 7.66. The fourth-order valence-corrected chi connectivity index (χ4v) is 1.53. The van der Waals surface area contributed by atoms with Crippen molar-refractivity contribution in [3.63, 3.8) is 0 Å². The lowest BCUT2D eigenvalue weighted by Gasteiger charge is -2.07. The van der Waals surface area contributed by atoms with E-state index in [0.717, 1.165) is 25.1 Å². The number of nitrogens with zero attached hydrogens (tertiary/aromatic N) is 1. The van der Waals surface area contributed by atoms with Crippen molar-refractivity contribution in [3.8, 4) is 0 Å². The van der Waals surface area contributed by atoms with Crippen LogP contribution in [0.3, 0.4) is 0 Å². The van der Waals surface area contributed by atoms with Gasteiger partial charge in [-0.1, -0.05) is 19.4 Å². The molecule has 0 fully saturated rings. The highest BCUT2D eigenvalue weighted by Crippen LogP contribution is 2.21. The summed E-state index contributed by atoms with van der Waals surface area (Å²) in [5, 5.41) is 13.9. The van der Waals surface area contributed by atoms with Crippen molar-refractivity contribution in [2.75, 3.05) is 25.1 Å². The van der Waals surface area contributed by atoms with Gasteiger partial charge >= 0.3 is 0 Å². The number of aryl methyl sites for hydroxylation is 1. The summed E-state index contributed by atoms with van der Waals surface area (Å²) in [7, 11) is 0. The molecule has 0 radical (unpaired) electrons. The maximum Gasteiger partial charge on any atom is 0.274 e. The van der Waals surface area contributed by atoms with Crippen LogP contribution in [0.15, 0.2) is 18.2 Å². The summed E-state index contributed by atoms with van der Waals surface area (Å²) < 4.78 is 5.40. The largest absolute Gasteiger partial charge is 0.383 e. The first-order chi connectivity index (χ1) is 8.65. The zero-order chi connectivity index (χ0) is 13.4. The number of ether oxygens (including phenoxy) is 1. The summed E-state index contributed by atoms with van der Waals surface area (Å²) >= 11 is 0. The van der Waals surface area contributed by atoms with Gasteiger partial charge in [0.2, 0.25) is 0 Å². The summed E-state index contributed by atoms with van der Waals surface area (Å²) in [6.45, 7) is 5.89. The van der Waals surface area contributed by atoms with E-state index < -0.39 is 0 Å². The number of unbranched alkanes of at least 4 members (excludes halogenated alkanes) is 1. The first kappa shape index (κ1) is 14.4. The number of hydrogen-bond donors (Lipinski definition) is 1. The van der Waals surface area contributed by atoms with Gasteiger partial charge in [0.25, 0.3) is 5.69 Å². The van der Waals surface area contributed by atoms with E-state index in [9.17, 15) is 10.1 Å². The van der Waals surface area contributed by atoms with Gasteiger partial charge in [-0.3, -0.25) is 10.1 Å². The molecule has 0 bridgehead atoms. The van der Waals surface area contributed by atoms with Crippen molar-refractivity contribution in [2.24, 2.45) is 0 Å². The molecular weight excluding hydrogens is 232 g/mol. The predicted molar refractivity (Wildman–Crippen MR) is 72.1 cm³/mol. The molecular formula is C13H20N2O3. The molecule has 0 spiro atoms. The number of rotatable bonds is 8. The Morgan fingerprint density at radius 2 is 2.17 bits per heavy atom. The van der Waals surface area contributed by atoms with Gasteiger partial charge in [0.1, 0.15) is 0 Å². The van der Waals surface area contributed by atoms with Crippen LogP contribution in [0.1, 0.15) is 25.3 Å². The van der Waals surface area contributed by atoms with Gasteiger partial charge in [-0.15, -0.1) is 0 Å². The molecule has 5 nitrogen and oxygen atoms in total. The van der Waals surface area contributed by atoms with Crippen molar-refractivity contribution in [2.45, 2.75) is 26.7 Å². The van der Waals surface area contributed by atoms with Gasteiger partial charge in [-0.05, 0) is 19.4 Å². The zero-order valence-electron chi connectivity index (χ0n) is 10.9. The number of nitro benzene ring substituents is 1. The van der Waals surface area contributed by atoms with Gasteiger partial charge in [0, 0.05) is 30.5 Å². The highest BCUT2D eigenvalue weighted by Gasteiger charge is 2.10. The maximum atomic E-state index is 10.8. The monoisotopic (exact) mass is 252 g/mol. The van der Waals surface area contributed by atoms with Crippen LogP contribution in [0.25, 0.3) is 0 Å². The molecule has 5 heteroatoms. The average molecular weight is 252 g/mol. The summed E-state index contributed by atoms with van der Waals surface area (Å²) in [4.78, 5) is 10.4. The van der Waals surface area contributed by atoms with E-state index in [-0.39, 0.29) is 10.6 Å². The smallest absolute Gasteiger partial charge is 0.274 e. The summed E-state index contributed by atoms with van der Waals surface area (Å²) in [5.74, 6) is 0. The van der Waals surface area contributed by atoms with E-state index in [4.69, 9.17) is 4.74 Å². The lowest BCUT2D eigenvalue weighted by molar-refractivity contribution is -0.385. The molecule has 1 rings (SSSR count). The lowest BCUT2D eigenvalue weighted by Crippen LogP contribution is -2.10. The molecule has 18 heavy (non-hydrogen) atoms. The molecule has 0 amide bonds. The van der Waals surface area contributed by atoms with Crippen molar-refractivity contribution < 1.29 is 9.66 Å². The third-order valence-corrected chi connectivity index (χ3v) is 2.62. The number of anilines is 1. The number of benzene rings is 1. The van der Waals surface area contributed by atoms with Crippen LogP contribution in [0.2, 0.25) is 0 Å². The molecule has 0 unspecified atom stereocenters. The van der Waals surface area contributed by atoms with E-state index in [0.29, 0.717) is 18.7 Å². The third kappa shape index (κ3) is 4.71. The fraction of sp³-hybridized carbons (Fsp3) is 0.538. The van der Waals surface area contributed by atoms with E-state index in [1.165, 1.54) is 0 Å². The quantitative estimate of drug-likeness (QED) is 0.438. The second-order valence-corrected chi connectivity index (χ2v) is 4.15. The number of hydrogen-bond acceptors (Lipinski definition) is 4. The average Bonchev–Trinajstić information content (AvgIpc) is 2.35. The first-order valence-electron chi connectivity index (χ1n) is 6.21. The fourth-order valence-electron chi connectivity index (χ4n) is 1.53. The minimum absolute atomic E-state index is 0.145. The van der Waals surface area contributed by atoms with E-state index in [2.05, 4.69) is 12.2 Å². The molecule has 100 valence electrons. The number of nitro groups is 1. The standard InChI is InChI=1S/C13H20N2O3/c1-3-4-8-18-9-7-14-12-6-5-11(2)13(10-12)15(16)17/h5-6,10,14H,3-4,7-9H2,1-2H3. The van der Waals surface area contributed by atoms with Crippen LogP contribution in [0.4, 0.5) is 11.4 Å². The van der Waals surface area contributed by atoms with Gasteiger partial charge in [0.15, 0.2) is 0 Å². The first-order valence-corrected chi connectivity index (χ1v) is 6.21. The lowest BCUT2D eigenvalue weighted by atomic mass is 10.2.